The van der Waals surface area contributed by atoms with E-state index >= 15 is 0 Å². The molecule has 132 valence electrons. The molecule has 0 saturated carbocycles. The van der Waals surface area contributed by atoms with Crippen LogP contribution in [0.5, 0.6) is 0 Å². The minimum atomic E-state index is -0.205. The molecular formula is C17H21N5O2S. The Bertz CT molecular complexity index is 726. The first-order chi connectivity index (χ1) is 12.1. The highest BCUT2D eigenvalue weighted by Gasteiger charge is 2.22. The molecule has 2 amide bonds. The zero-order chi connectivity index (χ0) is 17.6. The Kier molecular flexibility index (Phi) is 5.60. The molecule has 0 atom stereocenters. The first-order valence-corrected chi connectivity index (χ1v) is 9.16. The second-order valence-electron chi connectivity index (χ2n) is 5.95. The van der Waals surface area contributed by atoms with Gasteiger partial charge in [-0.25, -0.2) is 0 Å². The number of aromatic nitrogens is 2. The van der Waals surface area contributed by atoms with Crippen LogP contribution in [0, 0.1) is 6.92 Å². The number of piperazine rings is 1. The van der Waals surface area contributed by atoms with Crippen LogP contribution in [0.3, 0.4) is 0 Å². The number of nitrogens with zero attached hydrogens (tertiary/aromatic N) is 4. The smallest absolute Gasteiger partial charge is 0.226 e. The van der Waals surface area contributed by atoms with Gasteiger partial charge in [-0.3, -0.25) is 9.59 Å². The van der Waals surface area contributed by atoms with E-state index < -0.39 is 0 Å². The maximum Gasteiger partial charge on any atom is 0.226 e. The second-order valence-corrected chi connectivity index (χ2v) is 6.78. The van der Waals surface area contributed by atoms with E-state index in [9.17, 15) is 9.59 Å². The number of benzene rings is 1. The molecule has 1 saturated heterocycles. The number of amides is 2. The Hall–Kier alpha value is -2.48. The number of aryl methyl sites for hydroxylation is 1. The fourth-order valence-corrected chi connectivity index (χ4v) is 3.36. The maximum absolute atomic E-state index is 12.3. The van der Waals surface area contributed by atoms with Crippen molar-refractivity contribution in [1.29, 1.82) is 0 Å². The van der Waals surface area contributed by atoms with E-state index in [1.54, 1.807) is 5.51 Å². The monoisotopic (exact) mass is 359 g/mol. The average Bonchev–Trinajstić information content (AvgIpc) is 3.13. The van der Waals surface area contributed by atoms with E-state index in [0.29, 0.717) is 18.2 Å². The maximum atomic E-state index is 12.3. The number of hydrogen-bond donors (Lipinski definition) is 1. The lowest BCUT2D eigenvalue weighted by Gasteiger charge is -2.36. The summed E-state index contributed by atoms with van der Waals surface area (Å²) < 4.78 is 0. The van der Waals surface area contributed by atoms with E-state index in [-0.39, 0.29) is 24.7 Å². The zero-order valence-corrected chi connectivity index (χ0v) is 15.0. The third-order valence-electron chi connectivity index (χ3n) is 4.26. The van der Waals surface area contributed by atoms with Gasteiger partial charge in [0, 0.05) is 44.7 Å². The molecule has 8 heteroatoms. The minimum Gasteiger partial charge on any atom is -0.368 e. The molecule has 0 bridgehead atoms. The van der Waals surface area contributed by atoms with Gasteiger partial charge in [0.1, 0.15) is 5.51 Å². The van der Waals surface area contributed by atoms with E-state index in [4.69, 9.17) is 0 Å². The molecule has 2 aromatic rings. The van der Waals surface area contributed by atoms with Crippen LogP contribution in [0.15, 0.2) is 29.8 Å². The Morgan fingerprint density at radius 3 is 2.60 bits per heavy atom. The van der Waals surface area contributed by atoms with E-state index in [2.05, 4.69) is 39.5 Å². The van der Waals surface area contributed by atoms with Crippen LogP contribution in [0.4, 0.5) is 10.8 Å². The molecule has 7 nitrogen and oxygen atoms in total. The third kappa shape index (κ3) is 4.54. The van der Waals surface area contributed by atoms with Gasteiger partial charge < -0.3 is 15.1 Å². The summed E-state index contributed by atoms with van der Waals surface area (Å²) in [6.45, 7) is 5.10. The number of anilines is 2. The number of nitrogens with one attached hydrogen (secondary N) is 1. The molecule has 1 N–H and O–H groups in total. The lowest BCUT2D eigenvalue weighted by atomic mass is 10.1. The first-order valence-electron chi connectivity index (χ1n) is 8.28. The Morgan fingerprint density at radius 2 is 1.92 bits per heavy atom. The number of rotatable bonds is 5. The molecule has 1 aromatic heterocycles. The molecular weight excluding hydrogens is 338 g/mol. The van der Waals surface area contributed by atoms with Crippen molar-refractivity contribution in [3.8, 4) is 0 Å². The van der Waals surface area contributed by atoms with E-state index in [1.165, 1.54) is 22.6 Å². The molecule has 1 fully saturated rings. The van der Waals surface area contributed by atoms with Crippen molar-refractivity contribution < 1.29 is 9.59 Å². The van der Waals surface area contributed by atoms with Crippen molar-refractivity contribution in [3.05, 3.63) is 35.3 Å². The van der Waals surface area contributed by atoms with Gasteiger partial charge in [-0.15, -0.1) is 10.2 Å². The molecule has 1 aliphatic heterocycles. The summed E-state index contributed by atoms with van der Waals surface area (Å²) in [5.41, 5.74) is 4.02. The number of para-hydroxylation sites is 1. The van der Waals surface area contributed by atoms with Crippen molar-refractivity contribution >= 4 is 34.0 Å². The number of carbonyl (C=O) groups is 2. The van der Waals surface area contributed by atoms with Gasteiger partial charge in [-0.2, -0.15) is 0 Å². The quantitative estimate of drug-likeness (QED) is 0.882. The highest BCUT2D eigenvalue weighted by molar-refractivity contribution is 7.13. The highest BCUT2D eigenvalue weighted by atomic mass is 32.1. The summed E-state index contributed by atoms with van der Waals surface area (Å²) in [7, 11) is 0. The standard InChI is InChI=1S/C17H21N5O2S/c1-13-4-2-3-5-14(13)21-8-10-22(11-9-21)16(24)7-6-15(23)19-17-20-18-12-25-17/h2-5,12H,6-11H2,1H3,(H,19,20,23). The molecule has 0 radical (unpaired) electrons. The average molecular weight is 359 g/mol. The van der Waals surface area contributed by atoms with Crippen LogP contribution < -0.4 is 10.2 Å². The normalized spacial score (nSPS) is 14.4. The molecule has 1 aromatic carbocycles. The number of hydrogen-bond acceptors (Lipinski definition) is 6. The van der Waals surface area contributed by atoms with Crippen LogP contribution in [0.2, 0.25) is 0 Å². The summed E-state index contributed by atoms with van der Waals surface area (Å²) in [5.74, 6) is -0.180. The molecule has 0 aliphatic carbocycles. The molecule has 0 unspecified atom stereocenters. The number of carbonyl (C=O) groups excluding carboxylic acids is 2. The summed E-state index contributed by atoms with van der Waals surface area (Å²) in [6, 6.07) is 8.29. The van der Waals surface area contributed by atoms with Crippen molar-refractivity contribution in [2.24, 2.45) is 0 Å². The van der Waals surface area contributed by atoms with Gasteiger partial charge in [0.2, 0.25) is 16.9 Å². The van der Waals surface area contributed by atoms with Gasteiger partial charge in [0.15, 0.2) is 0 Å². The Morgan fingerprint density at radius 1 is 1.16 bits per heavy atom. The lowest BCUT2D eigenvalue weighted by molar-refractivity contribution is -0.133. The lowest BCUT2D eigenvalue weighted by Crippen LogP contribution is -2.49. The summed E-state index contributed by atoms with van der Waals surface area (Å²) >= 11 is 1.26. The second kappa shape index (κ2) is 8.06. The molecule has 1 aliphatic rings. The summed E-state index contributed by atoms with van der Waals surface area (Å²) in [6.07, 6.45) is 0.380. The molecule has 3 rings (SSSR count). The van der Waals surface area contributed by atoms with Gasteiger partial charge in [0.05, 0.1) is 0 Å². The zero-order valence-electron chi connectivity index (χ0n) is 14.1. The van der Waals surface area contributed by atoms with Crippen molar-refractivity contribution in [2.45, 2.75) is 19.8 Å². The topological polar surface area (TPSA) is 78.4 Å². The predicted octanol–water partition coefficient (Wildman–Crippen LogP) is 1.91. The van der Waals surface area contributed by atoms with Crippen molar-refractivity contribution in [3.63, 3.8) is 0 Å². The van der Waals surface area contributed by atoms with Crippen LogP contribution in [-0.4, -0.2) is 53.1 Å². The van der Waals surface area contributed by atoms with Crippen LogP contribution in [0.25, 0.3) is 0 Å². The third-order valence-corrected chi connectivity index (χ3v) is 4.87. The molecule has 0 spiro atoms. The predicted molar refractivity (Wildman–Crippen MR) is 97.7 cm³/mol. The van der Waals surface area contributed by atoms with Crippen LogP contribution in [0.1, 0.15) is 18.4 Å². The summed E-state index contributed by atoms with van der Waals surface area (Å²) in [5, 5.41) is 10.5. The van der Waals surface area contributed by atoms with E-state index in [0.717, 1.165) is 13.1 Å². The molecule has 25 heavy (non-hydrogen) atoms. The summed E-state index contributed by atoms with van der Waals surface area (Å²) in [4.78, 5) is 28.3. The van der Waals surface area contributed by atoms with Gasteiger partial charge in [-0.05, 0) is 18.6 Å². The van der Waals surface area contributed by atoms with E-state index in [1.807, 2.05) is 17.0 Å². The van der Waals surface area contributed by atoms with Gasteiger partial charge in [-0.1, -0.05) is 29.5 Å². The minimum absolute atomic E-state index is 0.0249. The fourth-order valence-electron chi connectivity index (χ4n) is 2.90. The molecule has 2 heterocycles. The van der Waals surface area contributed by atoms with Gasteiger partial charge in [0.25, 0.3) is 0 Å². The van der Waals surface area contributed by atoms with Gasteiger partial charge >= 0.3 is 0 Å². The van der Waals surface area contributed by atoms with Crippen molar-refractivity contribution in [1.82, 2.24) is 15.1 Å². The first kappa shape index (κ1) is 17.3. The van der Waals surface area contributed by atoms with Crippen LogP contribution in [-0.2, 0) is 9.59 Å². The highest BCUT2D eigenvalue weighted by Crippen LogP contribution is 2.21. The Labute approximate surface area is 150 Å². The van der Waals surface area contributed by atoms with Crippen molar-refractivity contribution in [2.75, 3.05) is 36.4 Å². The Balaban J connectivity index is 1.44. The fraction of sp³-hybridized carbons (Fsp3) is 0.412. The van der Waals surface area contributed by atoms with Crippen LogP contribution >= 0.6 is 11.3 Å². The largest absolute Gasteiger partial charge is 0.368 e. The SMILES string of the molecule is Cc1ccccc1N1CCN(C(=O)CCC(=O)Nc2nncs2)CC1.